The third-order valence-corrected chi connectivity index (χ3v) is 6.37. The van der Waals surface area contributed by atoms with Crippen LogP contribution in [0, 0.1) is 5.92 Å². The molecule has 0 aliphatic rings. The molecule has 1 aromatic rings. The Labute approximate surface area is 210 Å². The molecule has 10 nitrogen and oxygen atoms in total. The van der Waals surface area contributed by atoms with Crippen LogP contribution in [0.5, 0.6) is 0 Å². The molecule has 11 heteroatoms. The molecular formula is C24H38N4O6S. The molecule has 0 heterocycles. The molecule has 7 N–H and O–H groups in total. The number of carbonyl (C=O) groups is 4. The molecule has 3 amide bonds. The molecule has 196 valence electrons. The van der Waals surface area contributed by atoms with E-state index in [-0.39, 0.29) is 12.3 Å². The van der Waals surface area contributed by atoms with E-state index in [1.54, 1.807) is 49.0 Å². The van der Waals surface area contributed by atoms with Crippen molar-refractivity contribution in [3.8, 4) is 0 Å². The Hall–Kier alpha value is -2.63. The predicted molar refractivity (Wildman–Crippen MR) is 136 cm³/mol. The summed E-state index contributed by atoms with van der Waals surface area (Å²) in [7, 11) is 0. The average Bonchev–Trinajstić information content (AvgIpc) is 2.83. The second-order valence-electron chi connectivity index (χ2n) is 8.58. The monoisotopic (exact) mass is 510 g/mol. The number of rotatable bonds is 15. The highest BCUT2D eigenvalue weighted by molar-refractivity contribution is 7.98. The molecule has 0 aromatic heterocycles. The summed E-state index contributed by atoms with van der Waals surface area (Å²) in [6.45, 7) is 4.93. The van der Waals surface area contributed by atoms with Gasteiger partial charge in [-0.2, -0.15) is 11.8 Å². The van der Waals surface area contributed by atoms with Gasteiger partial charge in [0.2, 0.25) is 17.7 Å². The SMILES string of the molecule is CCC(C)C(NC(=O)C(N)CCSC)C(=O)NC(Cc1ccccc1)C(=O)NC(C(=O)O)C(C)O. The fourth-order valence-corrected chi connectivity index (χ4v) is 3.79. The maximum atomic E-state index is 13.3. The second-order valence-corrected chi connectivity index (χ2v) is 9.56. The minimum atomic E-state index is -1.54. The Morgan fingerprint density at radius 2 is 1.57 bits per heavy atom. The minimum absolute atomic E-state index is 0.0823. The van der Waals surface area contributed by atoms with Crippen LogP contribution in [0.2, 0.25) is 0 Å². The highest BCUT2D eigenvalue weighted by Crippen LogP contribution is 2.11. The number of carbonyl (C=O) groups excluding carboxylic acids is 3. The van der Waals surface area contributed by atoms with E-state index in [0.717, 1.165) is 5.56 Å². The van der Waals surface area contributed by atoms with Gasteiger partial charge >= 0.3 is 5.97 Å². The molecular weight excluding hydrogens is 472 g/mol. The summed E-state index contributed by atoms with van der Waals surface area (Å²) < 4.78 is 0. The van der Waals surface area contributed by atoms with Gasteiger partial charge in [-0.25, -0.2) is 4.79 Å². The van der Waals surface area contributed by atoms with Crippen LogP contribution < -0.4 is 21.7 Å². The number of nitrogens with two attached hydrogens (primary N) is 1. The van der Waals surface area contributed by atoms with Crippen molar-refractivity contribution in [3.05, 3.63) is 35.9 Å². The maximum absolute atomic E-state index is 13.3. The first-order valence-corrected chi connectivity index (χ1v) is 13.0. The molecule has 0 fully saturated rings. The van der Waals surface area contributed by atoms with Crippen molar-refractivity contribution in [2.45, 2.75) is 70.3 Å². The summed E-state index contributed by atoms with van der Waals surface area (Å²) in [6.07, 6.45) is 1.68. The van der Waals surface area contributed by atoms with Crippen molar-refractivity contribution in [1.82, 2.24) is 16.0 Å². The molecule has 0 aliphatic heterocycles. The molecule has 1 rings (SSSR count). The van der Waals surface area contributed by atoms with Crippen molar-refractivity contribution < 1.29 is 29.4 Å². The third-order valence-electron chi connectivity index (χ3n) is 5.72. The molecule has 0 aliphatic carbocycles. The van der Waals surface area contributed by atoms with E-state index >= 15 is 0 Å². The van der Waals surface area contributed by atoms with Gasteiger partial charge in [0.15, 0.2) is 6.04 Å². The van der Waals surface area contributed by atoms with Gasteiger partial charge in [0.05, 0.1) is 12.1 Å². The quantitative estimate of drug-likeness (QED) is 0.195. The molecule has 0 radical (unpaired) electrons. The number of hydrogen-bond donors (Lipinski definition) is 6. The number of benzene rings is 1. The summed E-state index contributed by atoms with van der Waals surface area (Å²) in [5.41, 5.74) is 6.69. The lowest BCUT2D eigenvalue weighted by Crippen LogP contribution is -2.60. The lowest BCUT2D eigenvalue weighted by atomic mass is 9.96. The van der Waals surface area contributed by atoms with Crippen molar-refractivity contribution in [3.63, 3.8) is 0 Å². The Morgan fingerprint density at radius 3 is 2.09 bits per heavy atom. The summed E-state index contributed by atoms with van der Waals surface area (Å²) in [5.74, 6) is -2.75. The smallest absolute Gasteiger partial charge is 0.328 e. The first kappa shape index (κ1) is 30.4. The number of thioether (sulfide) groups is 1. The molecule has 0 saturated heterocycles. The number of nitrogens with one attached hydrogen (secondary N) is 3. The second kappa shape index (κ2) is 15.4. The zero-order valence-corrected chi connectivity index (χ0v) is 21.5. The predicted octanol–water partition coefficient (Wildman–Crippen LogP) is 0.275. The Kier molecular flexibility index (Phi) is 13.4. The van der Waals surface area contributed by atoms with E-state index in [0.29, 0.717) is 18.6 Å². The molecule has 6 atom stereocenters. The minimum Gasteiger partial charge on any atom is -0.480 e. The highest BCUT2D eigenvalue weighted by Gasteiger charge is 2.33. The summed E-state index contributed by atoms with van der Waals surface area (Å²) >= 11 is 1.56. The number of carboxylic acids is 1. The topological polar surface area (TPSA) is 171 Å². The van der Waals surface area contributed by atoms with Gasteiger partial charge in [-0.15, -0.1) is 0 Å². The zero-order chi connectivity index (χ0) is 26.5. The standard InChI is InChI=1S/C24H38N4O6S/c1-5-14(2)19(27-21(30)17(25)11-12-35-4)23(32)26-18(13-16-9-7-6-8-10-16)22(31)28-20(15(3)29)24(33)34/h6-10,14-15,17-20,29H,5,11-13,25H2,1-4H3,(H,26,32)(H,27,30)(H,28,31)(H,33,34). The fourth-order valence-electron chi connectivity index (χ4n) is 3.30. The summed E-state index contributed by atoms with van der Waals surface area (Å²) in [4.78, 5) is 50.3. The molecule has 0 saturated carbocycles. The van der Waals surface area contributed by atoms with E-state index in [4.69, 9.17) is 5.73 Å². The highest BCUT2D eigenvalue weighted by atomic mass is 32.2. The zero-order valence-electron chi connectivity index (χ0n) is 20.7. The van der Waals surface area contributed by atoms with Gasteiger partial charge in [0, 0.05) is 6.42 Å². The maximum Gasteiger partial charge on any atom is 0.328 e. The Morgan fingerprint density at radius 1 is 0.971 bits per heavy atom. The first-order valence-electron chi connectivity index (χ1n) is 11.6. The van der Waals surface area contributed by atoms with Gasteiger partial charge in [-0.1, -0.05) is 50.6 Å². The molecule has 0 spiro atoms. The van der Waals surface area contributed by atoms with Crippen LogP contribution in [0.25, 0.3) is 0 Å². The van der Waals surface area contributed by atoms with Crippen molar-refractivity contribution in [1.29, 1.82) is 0 Å². The molecule has 0 bridgehead atoms. The Balaban J connectivity index is 3.11. The lowest BCUT2D eigenvalue weighted by Gasteiger charge is -2.28. The van der Waals surface area contributed by atoms with Crippen molar-refractivity contribution in [2.75, 3.05) is 12.0 Å². The van der Waals surface area contributed by atoms with Crippen molar-refractivity contribution >= 4 is 35.5 Å². The van der Waals surface area contributed by atoms with E-state index in [2.05, 4.69) is 16.0 Å². The van der Waals surface area contributed by atoms with Crippen LogP contribution in [0.3, 0.4) is 0 Å². The van der Waals surface area contributed by atoms with Crippen LogP contribution in [0.1, 0.15) is 39.2 Å². The van der Waals surface area contributed by atoms with E-state index < -0.39 is 54.0 Å². The fraction of sp³-hybridized carbons (Fsp3) is 0.583. The molecule has 35 heavy (non-hydrogen) atoms. The normalized spacial score (nSPS) is 16.2. The van der Waals surface area contributed by atoms with Gasteiger partial charge in [-0.05, 0) is 36.8 Å². The first-order chi connectivity index (χ1) is 16.5. The van der Waals surface area contributed by atoms with Gasteiger partial charge in [0.1, 0.15) is 12.1 Å². The number of aliphatic hydroxyl groups excluding tert-OH is 1. The van der Waals surface area contributed by atoms with Gasteiger partial charge < -0.3 is 31.9 Å². The lowest BCUT2D eigenvalue weighted by molar-refractivity contribution is -0.145. The van der Waals surface area contributed by atoms with Crippen LogP contribution in [0.4, 0.5) is 0 Å². The van der Waals surface area contributed by atoms with E-state index in [1.807, 2.05) is 13.2 Å². The summed E-state index contributed by atoms with van der Waals surface area (Å²) in [5, 5.41) is 26.7. The van der Waals surface area contributed by atoms with Gasteiger partial charge in [-0.3, -0.25) is 14.4 Å². The molecule has 1 aromatic carbocycles. The van der Waals surface area contributed by atoms with Gasteiger partial charge in [0.25, 0.3) is 0 Å². The van der Waals surface area contributed by atoms with E-state index in [1.165, 1.54) is 6.92 Å². The number of carboxylic acid groups (broad SMARTS) is 1. The van der Waals surface area contributed by atoms with Crippen LogP contribution in [-0.2, 0) is 25.6 Å². The average molecular weight is 511 g/mol. The van der Waals surface area contributed by atoms with Crippen molar-refractivity contribution in [2.24, 2.45) is 11.7 Å². The number of aliphatic carboxylic acids is 1. The largest absolute Gasteiger partial charge is 0.480 e. The third kappa shape index (κ3) is 10.3. The van der Waals surface area contributed by atoms with Crippen LogP contribution in [0.15, 0.2) is 30.3 Å². The summed E-state index contributed by atoms with van der Waals surface area (Å²) in [6, 6.07) is 4.51. The number of amides is 3. The van der Waals surface area contributed by atoms with E-state index in [9.17, 15) is 29.4 Å². The van der Waals surface area contributed by atoms with Crippen LogP contribution >= 0.6 is 11.8 Å². The van der Waals surface area contributed by atoms with Crippen LogP contribution in [-0.4, -0.2) is 76.2 Å². The number of hydrogen-bond acceptors (Lipinski definition) is 7. The molecule has 6 unspecified atom stereocenters. The Bertz CT molecular complexity index is 839. The number of aliphatic hydroxyl groups is 1.